The fraction of sp³-hybridized carbons (Fsp3) is 0.364. The van der Waals surface area contributed by atoms with E-state index >= 15 is 0 Å². The van der Waals surface area contributed by atoms with Gasteiger partial charge in [0, 0.05) is 43.6 Å². The van der Waals surface area contributed by atoms with E-state index in [-0.39, 0.29) is 29.2 Å². The van der Waals surface area contributed by atoms with Crippen LogP contribution < -0.4 is 20.4 Å². The zero-order chi connectivity index (χ0) is 20.7. The van der Waals surface area contributed by atoms with Gasteiger partial charge in [-0.15, -0.1) is 0 Å². The second-order valence-electron chi connectivity index (χ2n) is 7.80. The van der Waals surface area contributed by atoms with Gasteiger partial charge in [-0.1, -0.05) is 0 Å². The van der Waals surface area contributed by atoms with Gasteiger partial charge in [-0.2, -0.15) is 4.39 Å². The van der Waals surface area contributed by atoms with Crippen molar-refractivity contribution in [1.29, 1.82) is 0 Å². The summed E-state index contributed by atoms with van der Waals surface area (Å²) >= 11 is 0. The van der Waals surface area contributed by atoms with Crippen LogP contribution in [-0.4, -0.2) is 35.3 Å². The van der Waals surface area contributed by atoms with Gasteiger partial charge in [-0.3, -0.25) is 9.78 Å². The first-order valence-electron chi connectivity index (χ1n) is 10.2. The van der Waals surface area contributed by atoms with Crippen LogP contribution in [0.25, 0.3) is 10.9 Å². The maximum atomic E-state index is 14.1. The first-order valence-corrected chi connectivity index (χ1v) is 10.2. The Kier molecular flexibility index (Phi) is 4.86. The van der Waals surface area contributed by atoms with Crippen molar-refractivity contribution in [3.63, 3.8) is 0 Å². The number of halogens is 2. The fourth-order valence-corrected chi connectivity index (χ4v) is 4.39. The number of nitrogens with zero attached hydrogens (tertiary/aromatic N) is 3. The Labute approximate surface area is 172 Å². The van der Waals surface area contributed by atoms with Crippen molar-refractivity contribution in [2.24, 2.45) is 0 Å². The van der Waals surface area contributed by atoms with E-state index in [9.17, 15) is 13.6 Å². The van der Waals surface area contributed by atoms with E-state index in [4.69, 9.17) is 4.74 Å². The SMILES string of the molecule is O=c1c(CN[C@H]2CCCN(c3cccnc3)C2)cn2c3c(c(F)c(F)cc13)OCC2. The molecule has 4 heterocycles. The van der Waals surface area contributed by atoms with Crippen LogP contribution in [0.3, 0.4) is 0 Å². The number of aromatic nitrogens is 2. The highest BCUT2D eigenvalue weighted by Gasteiger charge is 2.25. The summed E-state index contributed by atoms with van der Waals surface area (Å²) in [4.78, 5) is 19.5. The summed E-state index contributed by atoms with van der Waals surface area (Å²) in [6, 6.07) is 5.17. The smallest absolute Gasteiger partial charge is 0.202 e. The number of nitrogens with one attached hydrogen (secondary N) is 1. The molecule has 0 saturated carbocycles. The lowest BCUT2D eigenvalue weighted by Crippen LogP contribution is -2.46. The quantitative estimate of drug-likeness (QED) is 0.714. The summed E-state index contributed by atoms with van der Waals surface area (Å²) in [6.45, 7) is 2.89. The summed E-state index contributed by atoms with van der Waals surface area (Å²) < 4.78 is 35.2. The van der Waals surface area contributed by atoms with Gasteiger partial charge in [-0.05, 0) is 31.0 Å². The molecule has 30 heavy (non-hydrogen) atoms. The number of rotatable bonds is 4. The van der Waals surface area contributed by atoms with E-state index < -0.39 is 11.6 Å². The molecule has 1 N–H and O–H groups in total. The molecule has 1 fully saturated rings. The molecule has 0 unspecified atom stereocenters. The predicted molar refractivity (Wildman–Crippen MR) is 110 cm³/mol. The lowest BCUT2D eigenvalue weighted by molar-refractivity contribution is 0.267. The Morgan fingerprint density at radius 1 is 1.30 bits per heavy atom. The molecule has 3 aromatic rings. The maximum absolute atomic E-state index is 14.1. The van der Waals surface area contributed by atoms with E-state index in [1.165, 1.54) is 0 Å². The first kappa shape index (κ1) is 19.0. The van der Waals surface area contributed by atoms with Crippen molar-refractivity contribution in [2.75, 3.05) is 24.6 Å². The Morgan fingerprint density at radius 3 is 3.03 bits per heavy atom. The van der Waals surface area contributed by atoms with E-state index in [1.807, 2.05) is 18.3 Å². The summed E-state index contributed by atoms with van der Waals surface area (Å²) in [7, 11) is 0. The third-order valence-corrected chi connectivity index (χ3v) is 5.88. The van der Waals surface area contributed by atoms with Gasteiger partial charge in [0.25, 0.3) is 0 Å². The minimum Gasteiger partial charge on any atom is -0.486 e. The van der Waals surface area contributed by atoms with E-state index in [0.717, 1.165) is 37.7 Å². The average Bonchev–Trinajstić information content (AvgIpc) is 2.79. The number of pyridine rings is 2. The van der Waals surface area contributed by atoms with Crippen LogP contribution in [0.5, 0.6) is 5.75 Å². The molecule has 1 aromatic carbocycles. The van der Waals surface area contributed by atoms with Crippen LogP contribution in [0.4, 0.5) is 14.5 Å². The van der Waals surface area contributed by atoms with E-state index in [1.54, 1.807) is 17.0 Å². The van der Waals surface area contributed by atoms with Crippen molar-refractivity contribution in [3.05, 3.63) is 64.2 Å². The summed E-state index contributed by atoms with van der Waals surface area (Å²) in [6.07, 6.45) is 7.41. The van der Waals surface area contributed by atoms with E-state index in [2.05, 4.69) is 15.2 Å². The first-order chi connectivity index (χ1) is 14.6. The number of piperidine rings is 1. The number of hydrogen-bond donors (Lipinski definition) is 1. The molecule has 0 amide bonds. The molecule has 1 atom stereocenters. The van der Waals surface area contributed by atoms with Crippen LogP contribution in [-0.2, 0) is 13.1 Å². The maximum Gasteiger partial charge on any atom is 0.202 e. The Bertz CT molecular complexity index is 1150. The van der Waals surface area contributed by atoms with Gasteiger partial charge < -0.3 is 19.5 Å². The molecular weight excluding hydrogens is 390 g/mol. The molecular formula is C22H22F2N4O2. The minimum absolute atomic E-state index is 0.156. The Hall–Kier alpha value is -3.00. The zero-order valence-electron chi connectivity index (χ0n) is 16.4. The Morgan fingerprint density at radius 2 is 2.20 bits per heavy atom. The van der Waals surface area contributed by atoms with Crippen molar-refractivity contribution in [2.45, 2.75) is 32.0 Å². The molecule has 6 nitrogen and oxygen atoms in total. The number of ether oxygens (including phenoxy) is 1. The van der Waals surface area contributed by atoms with Crippen LogP contribution in [0.2, 0.25) is 0 Å². The highest BCUT2D eigenvalue weighted by Crippen LogP contribution is 2.32. The van der Waals surface area contributed by atoms with Crippen LogP contribution in [0.1, 0.15) is 18.4 Å². The van der Waals surface area contributed by atoms with Crippen LogP contribution >= 0.6 is 0 Å². The monoisotopic (exact) mass is 412 g/mol. The molecule has 156 valence electrons. The van der Waals surface area contributed by atoms with Gasteiger partial charge in [0.05, 0.1) is 29.3 Å². The van der Waals surface area contributed by atoms with Crippen molar-refractivity contribution in [3.8, 4) is 5.75 Å². The van der Waals surface area contributed by atoms with Crippen molar-refractivity contribution < 1.29 is 13.5 Å². The highest BCUT2D eigenvalue weighted by atomic mass is 19.2. The normalized spacial score (nSPS) is 18.5. The molecule has 0 aliphatic carbocycles. The largest absolute Gasteiger partial charge is 0.486 e. The fourth-order valence-electron chi connectivity index (χ4n) is 4.39. The topological polar surface area (TPSA) is 59.4 Å². The molecule has 0 bridgehead atoms. The summed E-state index contributed by atoms with van der Waals surface area (Å²) in [5, 5.41) is 3.63. The molecule has 2 aliphatic heterocycles. The second-order valence-corrected chi connectivity index (χ2v) is 7.80. The highest BCUT2D eigenvalue weighted by molar-refractivity contribution is 5.86. The predicted octanol–water partition coefficient (Wildman–Crippen LogP) is 2.83. The third-order valence-electron chi connectivity index (χ3n) is 5.88. The average molecular weight is 412 g/mol. The lowest BCUT2D eigenvalue weighted by atomic mass is 10.0. The molecule has 0 radical (unpaired) electrons. The van der Waals surface area contributed by atoms with E-state index in [0.29, 0.717) is 24.2 Å². The molecule has 8 heteroatoms. The van der Waals surface area contributed by atoms with Crippen LogP contribution in [0, 0.1) is 11.6 Å². The minimum atomic E-state index is -1.06. The third kappa shape index (κ3) is 3.31. The lowest BCUT2D eigenvalue weighted by Gasteiger charge is -2.34. The Balaban J connectivity index is 1.39. The summed E-state index contributed by atoms with van der Waals surface area (Å²) in [5.41, 5.74) is 1.66. The summed E-state index contributed by atoms with van der Waals surface area (Å²) in [5.74, 6) is -2.28. The molecule has 1 saturated heterocycles. The van der Waals surface area contributed by atoms with Crippen LogP contribution in [0.15, 0.2) is 41.6 Å². The standard InChI is InChI=1S/C22H22F2N4O2/c23-18-9-17-20-22(19(18)24)30-8-7-28(20)12-14(21(17)29)10-26-15-3-2-6-27(13-15)16-4-1-5-25-11-16/h1,4-5,9,11-12,15,26H,2-3,6-8,10,13H2/t15-/m0/s1. The molecule has 0 spiro atoms. The van der Waals surface area contributed by atoms with Gasteiger partial charge in [0.2, 0.25) is 5.82 Å². The van der Waals surface area contributed by atoms with Gasteiger partial charge in [0.15, 0.2) is 17.0 Å². The number of hydrogen-bond acceptors (Lipinski definition) is 5. The second kappa shape index (κ2) is 7.68. The molecule has 2 aliphatic rings. The van der Waals surface area contributed by atoms with Gasteiger partial charge in [0.1, 0.15) is 6.61 Å². The van der Waals surface area contributed by atoms with Crippen molar-refractivity contribution in [1.82, 2.24) is 14.9 Å². The molecule has 2 aromatic heterocycles. The zero-order valence-corrected chi connectivity index (χ0v) is 16.4. The molecule has 5 rings (SSSR count). The van der Waals surface area contributed by atoms with Gasteiger partial charge >= 0.3 is 0 Å². The number of benzene rings is 1. The van der Waals surface area contributed by atoms with Gasteiger partial charge in [-0.25, -0.2) is 4.39 Å². The number of anilines is 1. The van der Waals surface area contributed by atoms with Crippen molar-refractivity contribution >= 4 is 16.6 Å².